The Morgan fingerprint density at radius 2 is 0.401 bits per heavy atom. The van der Waals surface area contributed by atoms with Crippen LogP contribution < -0.4 is 141 Å². The highest BCUT2D eigenvalue weighted by Crippen LogP contribution is 2.20. The first-order chi connectivity index (χ1) is 64.9. The fourth-order valence-corrected chi connectivity index (χ4v) is 10.2. The molecule has 0 bridgehead atoms. The largest absolute Gasteiger partial charge is 0.368 e. The molecule has 0 radical (unpaired) electrons. The molecule has 137 heavy (non-hydrogen) atoms. The second kappa shape index (κ2) is 67.0. The molecule has 9 rings (SSSR count). The average Bonchev–Trinajstić information content (AvgIpc) is 0.873. The number of rotatable bonds is 43. The van der Waals surface area contributed by atoms with Gasteiger partial charge in [0.2, 0.25) is 161 Å². The highest BCUT2D eigenvalue weighted by molar-refractivity contribution is 5.49. The highest BCUT2D eigenvalue weighted by atomic mass is 15.4. The Morgan fingerprint density at radius 1 is 0.182 bits per heavy atom. The van der Waals surface area contributed by atoms with Gasteiger partial charge >= 0.3 is 0 Å². The van der Waals surface area contributed by atoms with Crippen LogP contribution in [-0.2, 0) is 0 Å². The molecule has 0 aliphatic carbocycles. The quantitative estimate of drug-likeness (QED) is 0.0196. The van der Waals surface area contributed by atoms with Crippen molar-refractivity contribution in [2.45, 2.75) is 159 Å². The number of nitrogens with one attached hydrogen (secondary N) is 6. The first-order valence-corrected chi connectivity index (χ1v) is 46.0. The summed E-state index contributed by atoms with van der Waals surface area (Å²) in [5.41, 5.74) is 44.7. The first kappa shape index (κ1) is 121. The van der Waals surface area contributed by atoms with Gasteiger partial charge in [0.1, 0.15) is 0 Å². The molecule has 0 aliphatic rings. The number of unbranched alkanes of at least 4 members (excludes halogenated alkanes) is 8. The minimum atomic E-state index is 0.231. The maximum Gasteiger partial charge on any atom is 0.231 e. The van der Waals surface area contributed by atoms with Crippen molar-refractivity contribution in [3.63, 3.8) is 0 Å². The van der Waals surface area contributed by atoms with Crippen LogP contribution in [0.25, 0.3) is 0 Å². The van der Waals surface area contributed by atoms with Gasteiger partial charge in [-0.05, 0) is 58.8 Å². The molecular weight excluding hydrogens is 1750 g/mol. The van der Waals surface area contributed by atoms with Crippen LogP contribution >= 0.6 is 0 Å². The van der Waals surface area contributed by atoms with Gasteiger partial charge in [-0.15, -0.1) is 0 Å². The lowest BCUT2D eigenvalue weighted by atomic mass is 10.2. The number of hydrogen-bond acceptors (Lipinski definition) is 54. The molecule has 9 aromatic heterocycles. The van der Waals surface area contributed by atoms with Gasteiger partial charge in [0.05, 0.1) is 0 Å². The lowest BCUT2D eigenvalue weighted by Gasteiger charge is -2.19. The Hall–Kier alpha value is -14.3. The zero-order valence-electron chi connectivity index (χ0n) is 88.0. The van der Waals surface area contributed by atoms with E-state index < -0.39 is 0 Å². The Morgan fingerprint density at radius 3 is 0.657 bits per heavy atom. The fraction of sp³-hybridized carbons (Fsp3) is 0.675. The van der Waals surface area contributed by atoms with Gasteiger partial charge in [-0.1, -0.05) is 99.8 Å². The molecular formula is C83H166N54. The van der Waals surface area contributed by atoms with Crippen LogP contribution in [0.5, 0.6) is 0 Å². The van der Waals surface area contributed by atoms with Gasteiger partial charge in [0.25, 0.3) is 0 Å². The molecule has 54 heteroatoms. The first-order valence-electron chi connectivity index (χ1n) is 46.0. The van der Waals surface area contributed by atoms with Crippen LogP contribution in [0.4, 0.5) is 161 Å². The number of nitrogens with two attached hydrogens (primary N) is 8. The summed E-state index contributed by atoms with van der Waals surface area (Å²) in [6.07, 6.45) is 17.2. The number of nitrogen functional groups attached to an aromatic ring is 8. The van der Waals surface area contributed by atoms with Gasteiger partial charge in [0.15, 0.2) is 0 Å². The lowest BCUT2D eigenvalue weighted by Crippen LogP contribution is -2.24. The maximum absolute atomic E-state index is 5.67. The third kappa shape index (κ3) is 50.0. The van der Waals surface area contributed by atoms with Crippen LogP contribution in [0.2, 0.25) is 0 Å². The monoisotopic (exact) mass is 1920 g/mol. The summed E-state index contributed by atoms with van der Waals surface area (Å²) in [4.78, 5) is 136. The van der Waals surface area contributed by atoms with Crippen molar-refractivity contribution in [1.29, 1.82) is 0 Å². The Balaban J connectivity index is 0.000000771. The van der Waals surface area contributed by atoms with Crippen molar-refractivity contribution in [2.24, 2.45) is 0 Å². The summed E-state index contributed by atoms with van der Waals surface area (Å²) in [6, 6.07) is 0. The second-order valence-corrected chi connectivity index (χ2v) is 32.2. The number of hydrogen-bond donors (Lipinski definition) is 14. The molecule has 9 aromatic rings. The summed E-state index contributed by atoms with van der Waals surface area (Å²) in [5, 5.41) is 18.2. The third-order valence-corrected chi connectivity index (χ3v) is 17.9. The molecule has 0 saturated heterocycles. The van der Waals surface area contributed by atoms with Crippen molar-refractivity contribution in [3.05, 3.63) is 0 Å². The number of aromatic nitrogens is 27. The topological polar surface area (TPSA) is 670 Å². The summed E-state index contributed by atoms with van der Waals surface area (Å²) >= 11 is 0. The summed E-state index contributed by atoms with van der Waals surface area (Å²) in [7, 11) is 43.3. The van der Waals surface area contributed by atoms with E-state index in [9.17, 15) is 0 Å². The van der Waals surface area contributed by atoms with Gasteiger partial charge in [-0.25, -0.2) is 0 Å². The lowest BCUT2D eigenvalue weighted by molar-refractivity contribution is 0.695. The van der Waals surface area contributed by atoms with E-state index in [1.165, 1.54) is 38.5 Å². The standard InChI is InChI=1S/2C11H22N6.2C10H20N6.2C9H18N6.2C8H16N6.C7H14N6/c1-5-6-7-8-17(4)11-14-9(12)13-10(15-11)16(2)3;1-5-6-7-8-17(4)11-15-9(12-2)14-10(13-3)16-11;1-5-6-7-16(4)10-13-8(11)12-9(14-10)15(2)3;1-4-5-6-7-12-9-13-8(11)14-10(15-9)16(2)3;1-5-6-15(4)9-12-7(10)11-8(13-9)14(2)3;1-4-5-6-11-8-12-7(10)13-9(14-8)15(2)3;1-5-14(4)8-11-6(9)10-7(12-8)13(2)3;1-4-5-10-7-11-6(9)12-8(13-7)14(2)3;1-4-9-6-10-5(8)11-7(12-6)13(2)3/h5-8H2,1-4H3,(H2,12,13,14,15);5-8H2,1-4H3,(H2,12,13,14,15,16);5-7H2,1-4H3,(H2,11,12,13,14);4-7H2,1-3H3,(H3,11,12,13,14,15);5-6H2,1-4H3,(H2,10,11,12,13);4-6H2,1-3H3,(H3,10,11,12,13,14);5H2,1-4H3,(H2,9,10,11,12);4-5H2,1-3H3,(H3,9,10,11,12,13);4H2,1-3H3,(H3,8,9,10,11,12). The maximum atomic E-state index is 5.67. The Bertz CT molecular complexity index is 4700. The molecule has 0 unspecified atom stereocenters. The second-order valence-electron chi connectivity index (χ2n) is 32.2. The summed E-state index contributed by atoms with van der Waals surface area (Å²) in [5.74, 6) is 13.1. The van der Waals surface area contributed by atoms with Crippen LogP contribution in [0.1, 0.15) is 159 Å². The predicted molar refractivity (Wildman–Crippen MR) is 568 cm³/mol. The van der Waals surface area contributed by atoms with E-state index in [0.717, 1.165) is 117 Å². The molecule has 0 amide bonds. The van der Waals surface area contributed by atoms with E-state index in [0.29, 0.717) is 113 Å². The Labute approximate surface area is 812 Å². The molecule has 0 saturated carbocycles. The van der Waals surface area contributed by atoms with E-state index in [1.54, 1.807) is 43.5 Å². The zero-order chi connectivity index (χ0) is 103. The predicted octanol–water partition coefficient (Wildman–Crippen LogP) is 5.97. The smallest absolute Gasteiger partial charge is 0.231 e. The molecule has 0 aliphatic heterocycles. The van der Waals surface area contributed by atoms with Crippen LogP contribution in [0, 0.1) is 0 Å². The molecule has 54 nitrogen and oxygen atoms in total. The summed E-state index contributed by atoms with van der Waals surface area (Å²) in [6.45, 7) is 26.9. The van der Waals surface area contributed by atoms with Crippen molar-refractivity contribution in [3.8, 4) is 0 Å². The van der Waals surface area contributed by atoms with E-state index in [2.05, 4.69) is 220 Å². The highest BCUT2D eigenvalue weighted by Gasteiger charge is 2.17. The van der Waals surface area contributed by atoms with Crippen molar-refractivity contribution < 1.29 is 0 Å². The van der Waals surface area contributed by atoms with Crippen molar-refractivity contribution in [2.75, 3.05) is 362 Å². The normalized spacial score (nSPS) is 10.1. The number of nitrogens with zero attached hydrogens (tertiary/aromatic N) is 40. The van der Waals surface area contributed by atoms with Gasteiger partial charge in [0, 0.05) is 221 Å². The van der Waals surface area contributed by atoms with Crippen LogP contribution in [-0.4, -0.2) is 356 Å². The minimum Gasteiger partial charge on any atom is -0.368 e. The van der Waals surface area contributed by atoms with Gasteiger partial charge in [-0.2, -0.15) is 135 Å². The number of anilines is 27. The fourth-order valence-electron chi connectivity index (χ4n) is 10.2. The third-order valence-electron chi connectivity index (χ3n) is 17.9. The van der Waals surface area contributed by atoms with E-state index in [1.807, 2.05) is 191 Å². The average molecular weight is 1920 g/mol. The molecule has 9 heterocycles. The van der Waals surface area contributed by atoms with Crippen LogP contribution in [0.3, 0.4) is 0 Å². The summed E-state index contributed by atoms with van der Waals surface area (Å²) < 4.78 is 0. The van der Waals surface area contributed by atoms with Crippen molar-refractivity contribution >= 4 is 161 Å². The minimum absolute atomic E-state index is 0.231. The van der Waals surface area contributed by atoms with Gasteiger partial charge in [-0.3, -0.25) is 0 Å². The zero-order valence-corrected chi connectivity index (χ0v) is 88.0. The molecule has 768 valence electrons. The van der Waals surface area contributed by atoms with E-state index >= 15 is 0 Å². The molecule has 0 atom stereocenters. The SMILES string of the molecule is CCCCCN(C)c1nc(N)nc(N(C)C)n1.CCCCCN(C)c1nc(NC)nc(NC)n1.CCCCCNc1nc(N)nc(N(C)C)n1.CCCCN(C)c1nc(N)nc(N(C)C)n1.CCCCNc1nc(N)nc(N(C)C)n1.CCCN(C)c1nc(N)nc(N(C)C)n1.CCCNc1nc(N)nc(N(C)C)n1.CCN(C)c1nc(N)nc(N(C)C)n1.CCNc1nc(N)nc(N(C)C)n1. The molecule has 0 spiro atoms. The molecule has 0 aromatic carbocycles. The van der Waals surface area contributed by atoms with Crippen LogP contribution in [0.15, 0.2) is 0 Å². The van der Waals surface area contributed by atoms with Gasteiger partial charge < -0.3 is 141 Å². The van der Waals surface area contributed by atoms with E-state index in [-0.39, 0.29) is 47.6 Å². The Kier molecular flexibility index (Phi) is 59.0. The molecule has 0 fully saturated rings. The van der Waals surface area contributed by atoms with Crippen molar-refractivity contribution in [1.82, 2.24) is 135 Å². The molecule has 22 N–H and O–H groups in total. The van der Waals surface area contributed by atoms with E-state index in [4.69, 9.17) is 45.9 Å².